The maximum Gasteiger partial charge on any atom is 0.213 e. The highest BCUT2D eigenvalue weighted by Gasteiger charge is 2.29. The van der Waals surface area contributed by atoms with Crippen molar-refractivity contribution in [2.45, 2.75) is 119 Å². The van der Waals surface area contributed by atoms with Crippen LogP contribution in [0.15, 0.2) is 98.2 Å². The van der Waals surface area contributed by atoms with E-state index in [-0.39, 0.29) is 23.5 Å². The molecular weight excluding hydrogens is 1200 g/mol. The molecule has 12 aromatic rings. The third-order valence-corrected chi connectivity index (χ3v) is 17.6. The Bertz CT molecular complexity index is 4920. The number of methoxy groups -OCH3 is 1. The Hall–Kier alpha value is -10.7. The molecule has 0 spiro atoms. The van der Waals surface area contributed by atoms with Gasteiger partial charge in [0.2, 0.25) is 23.7 Å². The highest BCUT2D eigenvalue weighted by Crippen LogP contribution is 2.40. The zero-order valence-corrected chi connectivity index (χ0v) is 53.7. The number of aryl methyl sites for hydroxylation is 5. The SMILES string of the molecule is COc1cc(C)c(-c2cnc(NCc3c(F)ccc4c3CCO4)n3cc(C)nc23)cn1.Cc1cn2c(NCc3c(F)ccc4c3CCO4)ncc(-c3cnc(C4CC4)nc3C)c2n1.Cc1cn2c(NCc3c(F)ccc4c3CCO4)ncc(-c3cnn(C(C)C)c3C)c2n1. The average molecular weight is 1270 g/mol. The Morgan fingerprint density at radius 1 is 0.511 bits per heavy atom. The number of halogens is 3. The van der Waals surface area contributed by atoms with Gasteiger partial charge in [0.25, 0.3) is 0 Å². The number of aromatic nitrogens is 14. The van der Waals surface area contributed by atoms with Gasteiger partial charge in [0.15, 0.2) is 0 Å². The summed E-state index contributed by atoms with van der Waals surface area (Å²) in [6.45, 7) is 18.8. The number of nitrogens with zero attached hydrogens (tertiary/aromatic N) is 14. The van der Waals surface area contributed by atoms with Crippen LogP contribution in [0.1, 0.15) is 112 Å². The summed E-state index contributed by atoms with van der Waals surface area (Å²) in [5.74, 6) is 5.38. The number of imidazole rings is 3. The Labute approximate surface area is 539 Å². The molecule has 94 heavy (non-hydrogen) atoms. The lowest BCUT2D eigenvalue weighted by molar-refractivity contribution is 0.356. The summed E-state index contributed by atoms with van der Waals surface area (Å²) >= 11 is 0. The quantitative estimate of drug-likeness (QED) is 0.0868. The van der Waals surface area contributed by atoms with E-state index in [9.17, 15) is 13.2 Å². The second kappa shape index (κ2) is 25.1. The lowest BCUT2D eigenvalue weighted by Crippen LogP contribution is -2.10. The van der Waals surface area contributed by atoms with Crippen LogP contribution in [0.2, 0.25) is 0 Å². The molecule has 16 rings (SSSR count). The second-order valence-electron chi connectivity index (χ2n) is 24.3. The number of benzene rings is 3. The minimum atomic E-state index is -0.244. The number of hydrogen-bond acceptors (Lipinski definition) is 17. The standard InChI is InChI=1S/C24H23FN6O.C23H25FN6O.C23H22FN5O2/c1-13-12-31-23(29-13)19(17-9-26-22(15-3-4-15)30-14(17)2)11-28-24(31)27-10-18-16-7-8-32-21(16)6-5-20(18)25;1-13(2)30-15(4)17(11-27-30)19-10-26-23(29-12-14(3)28-22(19)29)25-9-18-16-7-8-31-21(16)6-5-20(18)24;1-13-8-21(30-3)25-9-16(13)18-11-27-23(29-12-14(2)28-22(18)29)26-10-17-15-6-7-31-20(15)5-4-19(17)24/h5-6,9,11-12,15H,3-4,7-8,10H2,1-2H3,(H,27,28);5-6,10-13H,7-9H2,1-4H3,(H,25,26);4-5,8-9,11-12H,6-7,10H2,1-3H3,(H,26,27). The van der Waals surface area contributed by atoms with Gasteiger partial charge in [0.1, 0.15) is 57.5 Å². The van der Waals surface area contributed by atoms with Gasteiger partial charge in [-0.2, -0.15) is 5.10 Å². The molecule has 0 unspecified atom stereocenters. The summed E-state index contributed by atoms with van der Waals surface area (Å²) < 4.78 is 73.2. The molecule has 9 aromatic heterocycles. The van der Waals surface area contributed by atoms with Crippen LogP contribution >= 0.6 is 0 Å². The summed E-state index contributed by atoms with van der Waals surface area (Å²) in [4.78, 5) is 41.7. The summed E-state index contributed by atoms with van der Waals surface area (Å²) in [7, 11) is 1.59. The topological polar surface area (TPSA) is 220 Å². The maximum atomic E-state index is 14.5. The highest BCUT2D eigenvalue weighted by molar-refractivity contribution is 5.82. The van der Waals surface area contributed by atoms with Crippen molar-refractivity contribution >= 4 is 34.8 Å². The van der Waals surface area contributed by atoms with Crippen molar-refractivity contribution in [1.29, 1.82) is 0 Å². The van der Waals surface area contributed by atoms with Crippen LogP contribution in [0.5, 0.6) is 23.1 Å². The van der Waals surface area contributed by atoms with E-state index in [0.717, 1.165) is 131 Å². The molecule has 24 heteroatoms. The highest BCUT2D eigenvalue weighted by atomic mass is 19.1. The summed E-state index contributed by atoms with van der Waals surface area (Å²) in [5.41, 5.74) is 18.1. The van der Waals surface area contributed by atoms with Gasteiger partial charge in [0.05, 0.1) is 50.2 Å². The number of fused-ring (bicyclic) bond motifs is 6. The van der Waals surface area contributed by atoms with Crippen molar-refractivity contribution < 1.29 is 32.1 Å². The fraction of sp³-hybridized carbons (Fsp3) is 0.314. The zero-order chi connectivity index (χ0) is 65.1. The van der Waals surface area contributed by atoms with Crippen LogP contribution in [0.4, 0.5) is 31.0 Å². The van der Waals surface area contributed by atoms with Gasteiger partial charge < -0.3 is 34.9 Å². The summed E-state index contributed by atoms with van der Waals surface area (Å²) in [5, 5.41) is 14.4. The predicted molar refractivity (Wildman–Crippen MR) is 351 cm³/mol. The van der Waals surface area contributed by atoms with Gasteiger partial charge >= 0.3 is 0 Å². The maximum absolute atomic E-state index is 14.5. The number of ether oxygens (including phenoxy) is 4. The van der Waals surface area contributed by atoms with E-state index in [4.69, 9.17) is 38.9 Å². The van der Waals surface area contributed by atoms with E-state index in [1.165, 1.54) is 31.0 Å². The zero-order valence-electron chi connectivity index (χ0n) is 53.7. The molecule has 3 aromatic carbocycles. The van der Waals surface area contributed by atoms with Crippen molar-refractivity contribution in [3.05, 3.63) is 189 Å². The average Bonchev–Trinajstić information content (AvgIpc) is 1.59. The predicted octanol–water partition coefficient (Wildman–Crippen LogP) is 12.9. The normalized spacial score (nSPS) is 13.6. The van der Waals surface area contributed by atoms with Crippen molar-refractivity contribution in [1.82, 2.24) is 67.8 Å². The monoisotopic (exact) mass is 1270 g/mol. The van der Waals surface area contributed by atoms with Crippen LogP contribution in [-0.4, -0.2) is 94.8 Å². The van der Waals surface area contributed by atoms with Crippen LogP contribution in [0, 0.1) is 59.0 Å². The van der Waals surface area contributed by atoms with E-state index in [1.54, 1.807) is 43.9 Å². The molecule has 1 aliphatic carbocycles. The third kappa shape index (κ3) is 11.6. The first kappa shape index (κ1) is 60.9. The lowest BCUT2D eigenvalue weighted by atomic mass is 10.0. The molecule has 480 valence electrons. The van der Waals surface area contributed by atoms with Crippen molar-refractivity contribution in [2.24, 2.45) is 0 Å². The van der Waals surface area contributed by atoms with E-state index < -0.39 is 0 Å². The number of rotatable bonds is 15. The number of pyridine rings is 1. The van der Waals surface area contributed by atoms with Gasteiger partial charge in [0, 0.05) is 185 Å². The smallest absolute Gasteiger partial charge is 0.213 e. The van der Waals surface area contributed by atoms with E-state index in [1.807, 2.05) is 95.8 Å². The molecule has 0 radical (unpaired) electrons. The minimum absolute atomic E-state index is 0.233. The fourth-order valence-electron chi connectivity index (χ4n) is 12.7. The molecule has 3 aliphatic heterocycles. The molecule has 1 fully saturated rings. The Morgan fingerprint density at radius 3 is 1.32 bits per heavy atom. The van der Waals surface area contributed by atoms with Crippen LogP contribution in [0.25, 0.3) is 50.3 Å². The fourth-order valence-corrected chi connectivity index (χ4v) is 12.7. The van der Waals surface area contributed by atoms with Gasteiger partial charge in [-0.05, 0) is 110 Å². The van der Waals surface area contributed by atoms with Crippen LogP contribution < -0.4 is 34.9 Å². The molecule has 0 atom stereocenters. The first-order valence-corrected chi connectivity index (χ1v) is 31.5. The lowest BCUT2D eigenvalue weighted by Gasteiger charge is -2.14. The van der Waals surface area contributed by atoms with E-state index in [2.05, 4.69) is 66.7 Å². The molecule has 0 bridgehead atoms. The molecule has 1 saturated carbocycles. The Balaban J connectivity index is 0.000000122. The first-order valence-electron chi connectivity index (χ1n) is 31.5. The van der Waals surface area contributed by atoms with Crippen molar-refractivity contribution in [2.75, 3.05) is 42.9 Å². The molecule has 3 N–H and O–H groups in total. The van der Waals surface area contributed by atoms with E-state index >= 15 is 0 Å². The number of anilines is 3. The molecular formula is C70H70F3N17O4. The van der Waals surface area contributed by atoms with E-state index in [0.29, 0.717) is 98.6 Å². The van der Waals surface area contributed by atoms with Crippen LogP contribution in [0.3, 0.4) is 0 Å². The summed E-state index contributed by atoms with van der Waals surface area (Å²) in [6, 6.07) is 11.6. The van der Waals surface area contributed by atoms with Crippen LogP contribution in [-0.2, 0) is 38.9 Å². The number of nitrogens with one attached hydrogen (secondary N) is 3. The van der Waals surface area contributed by atoms with Gasteiger partial charge in [-0.3, -0.25) is 17.9 Å². The Morgan fingerprint density at radius 2 is 0.926 bits per heavy atom. The molecule has 0 saturated heterocycles. The van der Waals surface area contributed by atoms with Crippen molar-refractivity contribution in [3.8, 4) is 56.5 Å². The van der Waals surface area contributed by atoms with Gasteiger partial charge in [-0.15, -0.1) is 0 Å². The van der Waals surface area contributed by atoms with Gasteiger partial charge in [-0.1, -0.05) is 0 Å². The molecule has 12 heterocycles. The first-order chi connectivity index (χ1) is 45.6. The minimum Gasteiger partial charge on any atom is -0.493 e. The number of hydrogen-bond donors (Lipinski definition) is 3. The largest absolute Gasteiger partial charge is 0.493 e. The third-order valence-electron chi connectivity index (χ3n) is 17.6. The molecule has 0 amide bonds. The second-order valence-corrected chi connectivity index (χ2v) is 24.3. The Kier molecular flexibility index (Phi) is 16.3. The van der Waals surface area contributed by atoms with Gasteiger partial charge in [-0.25, -0.2) is 58.0 Å². The summed E-state index contributed by atoms with van der Waals surface area (Å²) in [6.07, 6.45) is 21.2. The van der Waals surface area contributed by atoms with Crippen molar-refractivity contribution in [3.63, 3.8) is 0 Å². The molecule has 4 aliphatic rings. The molecule has 21 nitrogen and oxygen atoms in total.